The van der Waals surface area contributed by atoms with Crippen molar-refractivity contribution < 1.29 is 4.79 Å². The Morgan fingerprint density at radius 3 is 2.53 bits per heavy atom. The summed E-state index contributed by atoms with van der Waals surface area (Å²) in [6.45, 7) is 9.02. The summed E-state index contributed by atoms with van der Waals surface area (Å²) >= 11 is 0. The van der Waals surface area contributed by atoms with Crippen molar-refractivity contribution in [2.75, 3.05) is 6.54 Å². The van der Waals surface area contributed by atoms with Gasteiger partial charge in [-0.25, -0.2) is 0 Å². The normalized spacial score (nSPS) is 13.1. The van der Waals surface area contributed by atoms with Crippen LogP contribution in [0, 0.1) is 0 Å². The fourth-order valence-corrected chi connectivity index (χ4v) is 2.06. The standard InChI is InChI=1S/C16H26N2O/c1-12(17)8-7-11-18-15(19)13-9-5-6-10-14(13)16(2,3)4/h5-6,9-10,12H,7-8,11,17H2,1-4H3,(H,18,19). The lowest BCUT2D eigenvalue weighted by Gasteiger charge is -2.22. The van der Waals surface area contributed by atoms with Gasteiger partial charge in [0.05, 0.1) is 0 Å². The van der Waals surface area contributed by atoms with E-state index in [9.17, 15) is 4.79 Å². The first-order valence-corrected chi connectivity index (χ1v) is 6.95. The van der Waals surface area contributed by atoms with Crippen molar-refractivity contribution in [3.63, 3.8) is 0 Å². The molecular formula is C16H26N2O. The summed E-state index contributed by atoms with van der Waals surface area (Å²) < 4.78 is 0. The third kappa shape index (κ3) is 5.03. The van der Waals surface area contributed by atoms with Crippen LogP contribution in [-0.2, 0) is 5.41 Å². The molecule has 3 nitrogen and oxygen atoms in total. The van der Waals surface area contributed by atoms with Gasteiger partial charge in [-0.05, 0) is 36.8 Å². The van der Waals surface area contributed by atoms with Gasteiger partial charge in [-0.3, -0.25) is 4.79 Å². The summed E-state index contributed by atoms with van der Waals surface area (Å²) in [6, 6.07) is 8.00. The van der Waals surface area contributed by atoms with Crippen LogP contribution < -0.4 is 11.1 Å². The molecular weight excluding hydrogens is 236 g/mol. The van der Waals surface area contributed by atoms with Crippen molar-refractivity contribution >= 4 is 5.91 Å². The highest BCUT2D eigenvalue weighted by Crippen LogP contribution is 2.25. The van der Waals surface area contributed by atoms with Crippen molar-refractivity contribution in [3.05, 3.63) is 35.4 Å². The fraction of sp³-hybridized carbons (Fsp3) is 0.562. The van der Waals surface area contributed by atoms with Gasteiger partial charge in [0, 0.05) is 18.2 Å². The predicted octanol–water partition coefficient (Wildman–Crippen LogP) is 2.84. The molecule has 1 atom stereocenters. The number of benzene rings is 1. The maximum absolute atomic E-state index is 12.2. The van der Waals surface area contributed by atoms with Crippen LogP contribution in [0.25, 0.3) is 0 Å². The topological polar surface area (TPSA) is 55.1 Å². The van der Waals surface area contributed by atoms with Crippen molar-refractivity contribution in [1.29, 1.82) is 0 Å². The van der Waals surface area contributed by atoms with E-state index in [1.165, 1.54) is 0 Å². The van der Waals surface area contributed by atoms with E-state index in [4.69, 9.17) is 5.73 Å². The second-order valence-electron chi connectivity index (χ2n) is 6.17. The Balaban J connectivity index is 2.67. The molecule has 0 aliphatic heterocycles. The molecule has 0 aliphatic rings. The zero-order chi connectivity index (χ0) is 14.5. The van der Waals surface area contributed by atoms with Gasteiger partial charge in [-0.15, -0.1) is 0 Å². The molecule has 106 valence electrons. The molecule has 0 aromatic heterocycles. The molecule has 1 aromatic carbocycles. The van der Waals surface area contributed by atoms with Gasteiger partial charge < -0.3 is 11.1 Å². The Hall–Kier alpha value is -1.35. The third-order valence-corrected chi connectivity index (χ3v) is 3.10. The van der Waals surface area contributed by atoms with Gasteiger partial charge in [0.2, 0.25) is 0 Å². The summed E-state index contributed by atoms with van der Waals surface area (Å²) in [7, 11) is 0. The molecule has 0 saturated carbocycles. The molecule has 1 amide bonds. The molecule has 0 aliphatic carbocycles. The average molecular weight is 262 g/mol. The van der Waals surface area contributed by atoms with E-state index >= 15 is 0 Å². The second-order valence-corrected chi connectivity index (χ2v) is 6.17. The van der Waals surface area contributed by atoms with E-state index in [0.717, 1.165) is 24.0 Å². The summed E-state index contributed by atoms with van der Waals surface area (Å²) in [6.07, 6.45) is 1.85. The molecule has 0 bridgehead atoms. The Bertz CT molecular complexity index is 419. The van der Waals surface area contributed by atoms with Gasteiger partial charge in [0.25, 0.3) is 5.91 Å². The molecule has 0 spiro atoms. The van der Waals surface area contributed by atoms with Crippen LogP contribution in [0.2, 0.25) is 0 Å². The summed E-state index contributed by atoms with van der Waals surface area (Å²) in [5.41, 5.74) is 7.52. The van der Waals surface area contributed by atoms with Crippen LogP contribution in [0.15, 0.2) is 24.3 Å². The van der Waals surface area contributed by atoms with Gasteiger partial charge in [-0.2, -0.15) is 0 Å². The lowest BCUT2D eigenvalue weighted by molar-refractivity contribution is 0.0950. The van der Waals surface area contributed by atoms with Crippen LogP contribution in [0.4, 0.5) is 0 Å². The maximum atomic E-state index is 12.2. The molecule has 0 heterocycles. The van der Waals surface area contributed by atoms with E-state index < -0.39 is 0 Å². The van der Waals surface area contributed by atoms with E-state index in [1.807, 2.05) is 31.2 Å². The average Bonchev–Trinajstić information content (AvgIpc) is 2.33. The van der Waals surface area contributed by atoms with Crippen LogP contribution in [-0.4, -0.2) is 18.5 Å². The first kappa shape index (κ1) is 15.7. The SMILES string of the molecule is CC(N)CCCNC(=O)c1ccccc1C(C)(C)C. The van der Waals surface area contributed by atoms with E-state index in [2.05, 4.69) is 26.1 Å². The molecule has 0 fully saturated rings. The van der Waals surface area contributed by atoms with E-state index in [0.29, 0.717) is 6.54 Å². The molecule has 3 N–H and O–H groups in total. The Kier molecular flexibility index (Phi) is 5.55. The Labute approximate surface area is 116 Å². The number of hydrogen-bond acceptors (Lipinski definition) is 2. The second kappa shape index (κ2) is 6.71. The smallest absolute Gasteiger partial charge is 0.251 e. The number of amides is 1. The van der Waals surface area contributed by atoms with Gasteiger partial charge in [-0.1, -0.05) is 39.0 Å². The van der Waals surface area contributed by atoms with Crippen LogP contribution in [0.3, 0.4) is 0 Å². The minimum Gasteiger partial charge on any atom is -0.352 e. The van der Waals surface area contributed by atoms with Crippen LogP contribution in [0.5, 0.6) is 0 Å². The fourth-order valence-electron chi connectivity index (χ4n) is 2.06. The molecule has 1 rings (SSSR count). The van der Waals surface area contributed by atoms with Gasteiger partial charge in [0.15, 0.2) is 0 Å². The molecule has 1 aromatic rings. The lowest BCUT2D eigenvalue weighted by Crippen LogP contribution is -2.28. The molecule has 19 heavy (non-hydrogen) atoms. The Morgan fingerprint density at radius 2 is 1.95 bits per heavy atom. The van der Waals surface area contributed by atoms with Gasteiger partial charge in [0.1, 0.15) is 0 Å². The highest BCUT2D eigenvalue weighted by molar-refractivity contribution is 5.96. The van der Waals surface area contributed by atoms with E-state index in [-0.39, 0.29) is 17.4 Å². The first-order chi connectivity index (χ1) is 8.82. The highest BCUT2D eigenvalue weighted by Gasteiger charge is 2.20. The molecule has 0 radical (unpaired) electrons. The van der Waals surface area contributed by atoms with Crippen LogP contribution in [0.1, 0.15) is 56.5 Å². The first-order valence-electron chi connectivity index (χ1n) is 6.95. The summed E-state index contributed by atoms with van der Waals surface area (Å²) in [5.74, 6) is 0.00944. The number of nitrogens with two attached hydrogens (primary N) is 1. The highest BCUT2D eigenvalue weighted by atomic mass is 16.1. The van der Waals surface area contributed by atoms with Crippen molar-refractivity contribution in [2.45, 2.75) is 52.0 Å². The quantitative estimate of drug-likeness (QED) is 0.802. The predicted molar refractivity (Wildman–Crippen MR) is 80.4 cm³/mol. The zero-order valence-electron chi connectivity index (χ0n) is 12.5. The largest absolute Gasteiger partial charge is 0.352 e. The zero-order valence-corrected chi connectivity index (χ0v) is 12.5. The number of carbonyl (C=O) groups excluding carboxylic acids is 1. The molecule has 1 unspecified atom stereocenters. The number of nitrogens with one attached hydrogen (secondary N) is 1. The Morgan fingerprint density at radius 1 is 1.32 bits per heavy atom. The number of carbonyl (C=O) groups is 1. The van der Waals surface area contributed by atoms with Crippen LogP contribution >= 0.6 is 0 Å². The number of rotatable bonds is 5. The lowest BCUT2D eigenvalue weighted by atomic mass is 9.83. The van der Waals surface area contributed by atoms with Crippen molar-refractivity contribution in [3.8, 4) is 0 Å². The monoisotopic (exact) mass is 262 g/mol. The minimum absolute atomic E-state index is 0.00944. The maximum Gasteiger partial charge on any atom is 0.251 e. The summed E-state index contributed by atoms with van der Waals surface area (Å²) in [5, 5.41) is 2.97. The van der Waals surface area contributed by atoms with Crippen molar-refractivity contribution in [2.24, 2.45) is 5.73 Å². The van der Waals surface area contributed by atoms with E-state index in [1.54, 1.807) is 0 Å². The number of hydrogen-bond donors (Lipinski definition) is 2. The third-order valence-electron chi connectivity index (χ3n) is 3.10. The van der Waals surface area contributed by atoms with Gasteiger partial charge >= 0.3 is 0 Å². The minimum atomic E-state index is -0.0281. The summed E-state index contributed by atoms with van der Waals surface area (Å²) in [4.78, 5) is 12.2. The van der Waals surface area contributed by atoms with Crippen molar-refractivity contribution in [1.82, 2.24) is 5.32 Å². The molecule has 3 heteroatoms. The molecule has 0 saturated heterocycles.